The summed E-state index contributed by atoms with van der Waals surface area (Å²) in [6.45, 7) is 6.80. The zero-order chi connectivity index (χ0) is 21.1. The molecule has 1 saturated heterocycles. The number of fused-ring (bicyclic) bond motifs is 1. The van der Waals surface area contributed by atoms with Gasteiger partial charge in [-0.1, -0.05) is 6.07 Å². The van der Waals surface area contributed by atoms with Crippen molar-refractivity contribution in [3.8, 4) is 6.07 Å². The Bertz CT molecular complexity index is 956. The van der Waals surface area contributed by atoms with Gasteiger partial charge in [0.15, 0.2) is 0 Å². The summed E-state index contributed by atoms with van der Waals surface area (Å²) in [5, 5.41) is 8.91. The molecule has 2 aromatic rings. The molecule has 0 amide bonds. The van der Waals surface area contributed by atoms with Gasteiger partial charge in [-0.15, -0.1) is 0 Å². The van der Waals surface area contributed by atoms with Crippen molar-refractivity contribution in [1.29, 1.82) is 5.26 Å². The summed E-state index contributed by atoms with van der Waals surface area (Å²) in [4.78, 5) is 20.8. The van der Waals surface area contributed by atoms with Crippen molar-refractivity contribution in [3.05, 3.63) is 58.3 Å². The van der Waals surface area contributed by atoms with Crippen LogP contribution in [0.3, 0.4) is 0 Å². The van der Waals surface area contributed by atoms with Gasteiger partial charge in [0.05, 0.1) is 11.1 Å². The van der Waals surface area contributed by atoms with Gasteiger partial charge in [0.1, 0.15) is 18.5 Å². The number of ether oxygens (including phenoxy) is 1. The van der Waals surface area contributed by atoms with E-state index in [0.717, 1.165) is 49.5 Å². The number of hydrogen-bond donors (Lipinski definition) is 0. The summed E-state index contributed by atoms with van der Waals surface area (Å²) in [7, 11) is 2.08. The zero-order valence-electron chi connectivity index (χ0n) is 17.7. The van der Waals surface area contributed by atoms with E-state index in [1.54, 1.807) is 6.20 Å². The topological polar surface area (TPSA) is 69.5 Å². The van der Waals surface area contributed by atoms with Crippen LogP contribution in [-0.4, -0.2) is 49.1 Å². The first-order chi connectivity index (χ1) is 14.5. The van der Waals surface area contributed by atoms with Gasteiger partial charge in [0, 0.05) is 31.9 Å². The summed E-state index contributed by atoms with van der Waals surface area (Å²) in [6, 6.07) is 9.87. The number of carbonyl (C=O) groups is 1. The van der Waals surface area contributed by atoms with Gasteiger partial charge in [-0.05, 0) is 74.5 Å². The largest absolute Gasteiger partial charge is 0.457 e. The van der Waals surface area contributed by atoms with Crippen molar-refractivity contribution in [2.45, 2.75) is 32.8 Å². The quantitative estimate of drug-likeness (QED) is 0.688. The molecule has 0 N–H and O–H groups in total. The molecule has 1 aromatic heterocycles. The lowest BCUT2D eigenvalue weighted by atomic mass is 9.94. The lowest BCUT2D eigenvalue weighted by Gasteiger charge is -2.34. The van der Waals surface area contributed by atoms with Crippen molar-refractivity contribution in [1.82, 2.24) is 9.88 Å². The van der Waals surface area contributed by atoms with E-state index in [1.165, 1.54) is 24.0 Å². The first-order valence-corrected chi connectivity index (χ1v) is 10.6. The van der Waals surface area contributed by atoms with Crippen molar-refractivity contribution in [2.75, 3.05) is 38.1 Å². The number of benzene rings is 1. The Morgan fingerprint density at radius 2 is 2.07 bits per heavy atom. The predicted octanol–water partition coefficient (Wildman–Crippen LogP) is 3.32. The minimum Gasteiger partial charge on any atom is -0.457 e. The van der Waals surface area contributed by atoms with Crippen LogP contribution >= 0.6 is 0 Å². The number of cyclic esters (lactones) is 1. The van der Waals surface area contributed by atoms with Gasteiger partial charge in [-0.25, -0.2) is 9.78 Å². The molecule has 0 unspecified atom stereocenters. The Balaban J connectivity index is 1.25. The van der Waals surface area contributed by atoms with E-state index in [-0.39, 0.29) is 5.97 Å². The Labute approximate surface area is 178 Å². The number of hydrogen-bond acceptors (Lipinski definition) is 6. The van der Waals surface area contributed by atoms with Gasteiger partial charge in [-0.2, -0.15) is 5.26 Å². The van der Waals surface area contributed by atoms with Crippen molar-refractivity contribution in [3.63, 3.8) is 0 Å². The number of pyridine rings is 1. The van der Waals surface area contributed by atoms with Gasteiger partial charge in [0.2, 0.25) is 0 Å². The SMILES string of the molecule is Cc1c(CCN2CCC(CN(C)c3ccc(C#N)cn3)CC2)ccc2c1COC2=O. The molecule has 2 aliphatic heterocycles. The minimum absolute atomic E-state index is 0.192. The Morgan fingerprint density at radius 3 is 2.77 bits per heavy atom. The Kier molecular flexibility index (Phi) is 6.01. The number of carbonyl (C=O) groups excluding carboxylic acids is 1. The number of nitriles is 1. The number of anilines is 1. The second kappa shape index (κ2) is 8.85. The van der Waals surface area contributed by atoms with Crippen molar-refractivity contribution in [2.24, 2.45) is 5.92 Å². The van der Waals surface area contributed by atoms with Crippen LogP contribution in [0, 0.1) is 24.2 Å². The highest BCUT2D eigenvalue weighted by Gasteiger charge is 2.25. The van der Waals surface area contributed by atoms with Gasteiger partial charge in [0.25, 0.3) is 0 Å². The van der Waals surface area contributed by atoms with Crippen LogP contribution in [0.25, 0.3) is 0 Å². The third-order valence-electron chi connectivity index (χ3n) is 6.48. The van der Waals surface area contributed by atoms with Crippen LogP contribution in [0.15, 0.2) is 30.5 Å². The van der Waals surface area contributed by atoms with Crippen molar-refractivity contribution < 1.29 is 9.53 Å². The second-order valence-corrected chi connectivity index (χ2v) is 8.38. The lowest BCUT2D eigenvalue weighted by molar-refractivity contribution is 0.0535. The fourth-order valence-electron chi connectivity index (χ4n) is 4.50. The molecular formula is C24H28N4O2. The minimum atomic E-state index is -0.192. The number of esters is 1. The van der Waals surface area contributed by atoms with Crippen LogP contribution in [0.1, 0.15) is 45.5 Å². The first-order valence-electron chi connectivity index (χ1n) is 10.6. The molecule has 30 heavy (non-hydrogen) atoms. The van der Waals surface area contributed by atoms with E-state index in [1.807, 2.05) is 18.2 Å². The molecular weight excluding hydrogens is 376 g/mol. The molecule has 0 bridgehead atoms. The molecule has 6 nitrogen and oxygen atoms in total. The molecule has 1 aromatic carbocycles. The molecule has 0 saturated carbocycles. The average molecular weight is 405 g/mol. The summed E-state index contributed by atoms with van der Waals surface area (Å²) in [6.07, 6.45) is 5.02. The van der Waals surface area contributed by atoms with E-state index in [4.69, 9.17) is 10.00 Å². The van der Waals surface area contributed by atoms with Crippen molar-refractivity contribution >= 4 is 11.8 Å². The summed E-state index contributed by atoms with van der Waals surface area (Å²) >= 11 is 0. The molecule has 0 spiro atoms. The highest BCUT2D eigenvalue weighted by Crippen LogP contribution is 2.27. The van der Waals surface area contributed by atoms with E-state index >= 15 is 0 Å². The fraction of sp³-hybridized carbons (Fsp3) is 0.458. The normalized spacial score (nSPS) is 16.8. The molecule has 4 rings (SSSR count). The summed E-state index contributed by atoms with van der Waals surface area (Å²) in [5.74, 6) is 1.39. The Morgan fingerprint density at radius 1 is 1.27 bits per heavy atom. The summed E-state index contributed by atoms with van der Waals surface area (Å²) < 4.78 is 5.17. The average Bonchev–Trinajstić information content (AvgIpc) is 3.16. The third kappa shape index (κ3) is 4.31. The van der Waals surface area contributed by atoms with E-state index in [9.17, 15) is 4.79 Å². The molecule has 1 fully saturated rings. The standard InChI is InChI=1S/C24H28N4O2/c1-17-20(4-5-21-22(17)16-30-24(21)29)9-12-28-10-7-18(8-11-28)15-27(2)23-6-3-19(13-25)14-26-23/h3-6,14,18H,7-12,15-16H2,1-2H3. The predicted molar refractivity (Wildman–Crippen MR) is 115 cm³/mol. The lowest BCUT2D eigenvalue weighted by Crippen LogP contribution is -2.39. The van der Waals surface area contributed by atoms with Crippen LogP contribution in [0.2, 0.25) is 0 Å². The highest BCUT2D eigenvalue weighted by molar-refractivity contribution is 5.93. The number of aromatic nitrogens is 1. The van der Waals surface area contributed by atoms with Gasteiger partial charge in [-0.3, -0.25) is 0 Å². The molecule has 156 valence electrons. The first kappa shape index (κ1) is 20.4. The number of likely N-dealkylation sites (tertiary alicyclic amines) is 1. The summed E-state index contributed by atoms with van der Waals surface area (Å²) in [5.41, 5.74) is 4.93. The molecule has 6 heteroatoms. The maximum atomic E-state index is 11.7. The van der Waals surface area contributed by atoms with Crippen LogP contribution in [-0.2, 0) is 17.8 Å². The second-order valence-electron chi connectivity index (χ2n) is 8.38. The third-order valence-corrected chi connectivity index (χ3v) is 6.48. The molecule has 0 aliphatic carbocycles. The van der Waals surface area contributed by atoms with Crippen LogP contribution < -0.4 is 4.90 Å². The van der Waals surface area contributed by atoms with E-state index < -0.39 is 0 Å². The Hall–Kier alpha value is -2.91. The van der Waals surface area contributed by atoms with Gasteiger partial charge >= 0.3 is 5.97 Å². The number of piperidine rings is 1. The maximum absolute atomic E-state index is 11.7. The molecule has 2 aliphatic rings. The van der Waals surface area contributed by atoms with Crippen LogP contribution in [0.4, 0.5) is 5.82 Å². The molecule has 3 heterocycles. The maximum Gasteiger partial charge on any atom is 0.338 e. The fourth-order valence-corrected chi connectivity index (χ4v) is 4.50. The molecule has 0 atom stereocenters. The van der Waals surface area contributed by atoms with Gasteiger partial charge < -0.3 is 14.5 Å². The molecule has 0 radical (unpaired) electrons. The van der Waals surface area contributed by atoms with E-state index in [0.29, 0.717) is 18.1 Å². The number of nitrogens with zero attached hydrogens (tertiary/aromatic N) is 4. The highest BCUT2D eigenvalue weighted by atomic mass is 16.5. The monoisotopic (exact) mass is 404 g/mol. The zero-order valence-corrected chi connectivity index (χ0v) is 17.7. The van der Waals surface area contributed by atoms with E-state index in [2.05, 4.69) is 40.9 Å². The van der Waals surface area contributed by atoms with Crippen LogP contribution in [0.5, 0.6) is 0 Å². The smallest absolute Gasteiger partial charge is 0.338 e. The number of rotatable bonds is 6.